The summed E-state index contributed by atoms with van der Waals surface area (Å²) in [6.07, 6.45) is 3.02. The summed E-state index contributed by atoms with van der Waals surface area (Å²) in [6, 6.07) is 12.8. The number of aromatic nitrogens is 4. The maximum atomic E-state index is 11.8. The van der Waals surface area contributed by atoms with Gasteiger partial charge in [0.1, 0.15) is 16.6 Å². The number of likely N-dealkylation sites (N-methyl/N-ethyl adjacent to an activating group) is 1. The van der Waals surface area contributed by atoms with Crippen LogP contribution in [0.1, 0.15) is 19.0 Å². The van der Waals surface area contributed by atoms with Crippen LogP contribution in [0.4, 0.5) is 23.3 Å². The third-order valence-electron chi connectivity index (χ3n) is 7.10. The Bertz CT molecular complexity index is 1470. The summed E-state index contributed by atoms with van der Waals surface area (Å²) in [7, 11) is 3.97. The van der Waals surface area contributed by atoms with E-state index in [9.17, 15) is 4.79 Å². The lowest BCUT2D eigenvalue weighted by Gasteiger charge is -2.32. The molecule has 2 aliphatic heterocycles. The number of carbonyl (C=O) groups excluding carboxylic acids is 1. The van der Waals surface area contributed by atoms with Crippen LogP contribution in [-0.2, 0) is 4.79 Å². The normalized spacial score (nSPS) is 19.3. The summed E-state index contributed by atoms with van der Waals surface area (Å²) in [5.41, 5.74) is 3.60. The Hall–Kier alpha value is -3.63. The van der Waals surface area contributed by atoms with Crippen LogP contribution in [0.15, 0.2) is 42.6 Å². The van der Waals surface area contributed by atoms with Crippen LogP contribution in [0.3, 0.4) is 0 Å². The van der Waals surface area contributed by atoms with Gasteiger partial charge in [-0.05, 0) is 32.5 Å². The molecule has 2 atom stereocenters. The number of pyridine rings is 1. The molecule has 3 aromatic heterocycles. The van der Waals surface area contributed by atoms with Gasteiger partial charge in [-0.25, -0.2) is 15.0 Å². The molecule has 0 saturated carbocycles. The molecule has 184 valence electrons. The average molecular weight is 501 g/mol. The van der Waals surface area contributed by atoms with Crippen LogP contribution < -0.4 is 15.1 Å². The number of rotatable bonds is 5. The molecule has 2 saturated heterocycles. The monoisotopic (exact) mass is 500 g/mol. The summed E-state index contributed by atoms with van der Waals surface area (Å²) in [5.74, 6) is 2.20. The fourth-order valence-electron chi connectivity index (χ4n) is 5.04. The molecule has 0 unspecified atom stereocenters. The number of benzene rings is 1. The van der Waals surface area contributed by atoms with E-state index in [4.69, 9.17) is 15.0 Å². The molecular formula is C26H28N8OS. The van der Waals surface area contributed by atoms with Crippen molar-refractivity contribution >= 4 is 50.7 Å². The predicted octanol–water partition coefficient (Wildman–Crippen LogP) is 4.08. The molecule has 1 N–H and O–H groups in total. The van der Waals surface area contributed by atoms with Gasteiger partial charge < -0.3 is 15.1 Å². The fourth-order valence-corrected chi connectivity index (χ4v) is 5.95. The van der Waals surface area contributed by atoms with Crippen molar-refractivity contribution in [2.24, 2.45) is 0 Å². The number of fused-ring (bicyclic) bond motifs is 3. The predicted molar refractivity (Wildman–Crippen MR) is 144 cm³/mol. The first-order valence-electron chi connectivity index (χ1n) is 12.0. The maximum absolute atomic E-state index is 11.8. The van der Waals surface area contributed by atoms with Crippen molar-refractivity contribution in [3.63, 3.8) is 0 Å². The van der Waals surface area contributed by atoms with Crippen LogP contribution in [0.5, 0.6) is 0 Å². The molecular weight excluding hydrogens is 472 g/mol. The summed E-state index contributed by atoms with van der Waals surface area (Å²) in [4.78, 5) is 37.2. The Kier molecular flexibility index (Phi) is 5.57. The molecule has 2 fully saturated rings. The minimum atomic E-state index is -0.0101. The second kappa shape index (κ2) is 8.79. The van der Waals surface area contributed by atoms with E-state index in [0.29, 0.717) is 17.9 Å². The van der Waals surface area contributed by atoms with Gasteiger partial charge in [0.25, 0.3) is 0 Å². The number of thiazole rings is 1. The van der Waals surface area contributed by atoms with E-state index in [-0.39, 0.29) is 5.91 Å². The highest BCUT2D eigenvalue weighted by Crippen LogP contribution is 2.34. The molecule has 0 spiro atoms. The lowest BCUT2D eigenvalue weighted by molar-refractivity contribution is -0.116. The second-order valence-corrected chi connectivity index (χ2v) is 10.7. The van der Waals surface area contributed by atoms with E-state index in [1.54, 1.807) is 30.2 Å². The van der Waals surface area contributed by atoms with Gasteiger partial charge in [0, 0.05) is 74.4 Å². The minimum absolute atomic E-state index is 0.0101. The number of nitrogens with zero attached hydrogens (tertiary/aromatic N) is 7. The average Bonchev–Trinajstić information content (AvgIpc) is 3.56. The molecule has 2 bridgehead atoms. The number of aryl methyl sites for hydroxylation is 1. The zero-order valence-electron chi connectivity index (χ0n) is 20.8. The quantitative estimate of drug-likeness (QED) is 0.439. The lowest BCUT2D eigenvalue weighted by Crippen LogP contribution is -2.45. The first-order chi connectivity index (χ1) is 17.3. The highest BCUT2D eigenvalue weighted by molar-refractivity contribution is 7.21. The summed E-state index contributed by atoms with van der Waals surface area (Å²) in [5, 5.41) is 4.25. The summed E-state index contributed by atoms with van der Waals surface area (Å²) in [6.45, 7) is 5.58. The molecule has 1 aromatic carbocycles. The summed E-state index contributed by atoms with van der Waals surface area (Å²) < 4.78 is 0.998. The number of carbonyl (C=O) groups is 1. The van der Waals surface area contributed by atoms with Gasteiger partial charge in [0.15, 0.2) is 0 Å². The van der Waals surface area contributed by atoms with Gasteiger partial charge >= 0.3 is 0 Å². The second-order valence-electron chi connectivity index (χ2n) is 9.64. The molecule has 0 radical (unpaired) electrons. The first kappa shape index (κ1) is 22.8. The number of nitrogens with one attached hydrogen (secondary N) is 1. The van der Waals surface area contributed by atoms with Gasteiger partial charge in [-0.1, -0.05) is 12.1 Å². The van der Waals surface area contributed by atoms with Gasteiger partial charge in [-0.2, -0.15) is 4.98 Å². The zero-order valence-corrected chi connectivity index (χ0v) is 21.6. The number of likely N-dealkylation sites (tertiary alicyclic amines) is 1. The van der Waals surface area contributed by atoms with Crippen molar-refractivity contribution in [2.45, 2.75) is 32.4 Å². The summed E-state index contributed by atoms with van der Waals surface area (Å²) >= 11 is 1.58. The Morgan fingerprint density at radius 1 is 1.11 bits per heavy atom. The third-order valence-corrected chi connectivity index (χ3v) is 8.15. The van der Waals surface area contributed by atoms with Crippen molar-refractivity contribution in [3.05, 3.63) is 48.3 Å². The van der Waals surface area contributed by atoms with E-state index in [1.165, 1.54) is 6.42 Å². The van der Waals surface area contributed by atoms with E-state index in [0.717, 1.165) is 57.0 Å². The molecule has 2 aliphatic rings. The largest absolute Gasteiger partial charge is 0.335 e. The number of hydrogen-bond acceptors (Lipinski definition) is 9. The standard InChI is InChI=1S/C26H28N8OS/c1-15-8-24(31-26(28-15)34-14-19-10-20(34)13-32(19)3)30-23-11-21-22(12-27-23)36-25(29-21)17-6-5-7-18(9-17)33(4)16(2)35/h5-9,11-12,19-20H,10,13-14H2,1-4H3,(H,27,28,30,31)/t19-,20-/m0/s1. The molecule has 6 rings (SSSR count). The number of hydrogen-bond donors (Lipinski definition) is 1. The Morgan fingerprint density at radius 3 is 2.72 bits per heavy atom. The highest BCUT2D eigenvalue weighted by atomic mass is 32.1. The van der Waals surface area contributed by atoms with Crippen molar-refractivity contribution in [1.82, 2.24) is 24.8 Å². The highest BCUT2D eigenvalue weighted by Gasteiger charge is 2.42. The van der Waals surface area contributed by atoms with Gasteiger partial charge in [-0.3, -0.25) is 9.69 Å². The van der Waals surface area contributed by atoms with Gasteiger partial charge in [0.2, 0.25) is 11.9 Å². The molecule has 10 heteroatoms. The first-order valence-corrected chi connectivity index (χ1v) is 12.9. The van der Waals surface area contributed by atoms with Crippen LogP contribution in [0, 0.1) is 6.92 Å². The van der Waals surface area contributed by atoms with E-state index in [2.05, 4.69) is 27.1 Å². The maximum Gasteiger partial charge on any atom is 0.227 e. The van der Waals surface area contributed by atoms with Crippen molar-refractivity contribution < 1.29 is 4.79 Å². The van der Waals surface area contributed by atoms with Crippen molar-refractivity contribution in [3.8, 4) is 10.6 Å². The Morgan fingerprint density at radius 2 is 1.97 bits per heavy atom. The van der Waals surface area contributed by atoms with Crippen LogP contribution in [-0.4, -0.2) is 70.0 Å². The molecule has 1 amide bonds. The topological polar surface area (TPSA) is 90.4 Å². The van der Waals surface area contributed by atoms with Crippen molar-refractivity contribution in [1.29, 1.82) is 0 Å². The molecule has 4 aromatic rings. The lowest BCUT2D eigenvalue weighted by atomic mass is 10.2. The fraction of sp³-hybridized carbons (Fsp3) is 0.346. The van der Waals surface area contributed by atoms with E-state index >= 15 is 0 Å². The smallest absolute Gasteiger partial charge is 0.227 e. The Labute approximate surface area is 213 Å². The van der Waals surface area contributed by atoms with E-state index < -0.39 is 0 Å². The van der Waals surface area contributed by atoms with Gasteiger partial charge in [0.05, 0.1) is 10.2 Å². The zero-order chi connectivity index (χ0) is 25.0. The number of anilines is 4. The SMILES string of the molecule is CC(=O)N(C)c1cccc(-c2nc3cc(Nc4cc(C)nc(N5C[C@@H]6C[C@H]5CN6C)n4)ncc3s2)c1. The molecule has 5 heterocycles. The molecule has 36 heavy (non-hydrogen) atoms. The van der Waals surface area contributed by atoms with Crippen LogP contribution in [0.25, 0.3) is 20.8 Å². The third kappa shape index (κ3) is 4.16. The van der Waals surface area contributed by atoms with Gasteiger partial charge in [-0.15, -0.1) is 11.3 Å². The number of amides is 1. The number of piperazine rings is 1. The Balaban J connectivity index is 1.25. The van der Waals surface area contributed by atoms with Crippen LogP contribution in [0.2, 0.25) is 0 Å². The minimum Gasteiger partial charge on any atom is -0.335 e. The van der Waals surface area contributed by atoms with Crippen molar-refractivity contribution in [2.75, 3.05) is 42.3 Å². The van der Waals surface area contributed by atoms with Crippen LogP contribution >= 0.6 is 11.3 Å². The molecule has 9 nitrogen and oxygen atoms in total. The van der Waals surface area contributed by atoms with E-state index in [1.807, 2.05) is 49.5 Å². The molecule has 0 aliphatic carbocycles.